The first kappa shape index (κ1) is 14.7. The number of phenols is 1. The van der Waals surface area contributed by atoms with Crippen LogP contribution in [0.1, 0.15) is 10.4 Å². The molecule has 0 saturated heterocycles. The van der Waals surface area contributed by atoms with Gasteiger partial charge < -0.3 is 10.4 Å². The highest BCUT2D eigenvalue weighted by Crippen LogP contribution is 2.27. The normalized spacial score (nSPS) is 10.2. The molecule has 0 aliphatic heterocycles. The van der Waals surface area contributed by atoms with E-state index in [1.807, 2.05) is 0 Å². The van der Waals surface area contributed by atoms with E-state index in [-0.39, 0.29) is 16.5 Å². The smallest absolute Gasteiger partial charge is 0.282 e. The summed E-state index contributed by atoms with van der Waals surface area (Å²) in [6.45, 7) is 0. The predicted molar refractivity (Wildman–Crippen MR) is 74.1 cm³/mol. The molecule has 1 amide bonds. The van der Waals surface area contributed by atoms with Gasteiger partial charge in [-0.25, -0.2) is 4.39 Å². The largest absolute Gasteiger partial charge is 0.508 e. The van der Waals surface area contributed by atoms with Crippen LogP contribution in [0, 0.1) is 15.9 Å². The zero-order valence-electron chi connectivity index (χ0n) is 10.3. The van der Waals surface area contributed by atoms with Crippen LogP contribution < -0.4 is 5.32 Å². The molecule has 0 aliphatic carbocycles. The summed E-state index contributed by atoms with van der Waals surface area (Å²) < 4.78 is 13.2. The minimum absolute atomic E-state index is 0.0439. The van der Waals surface area contributed by atoms with Crippen molar-refractivity contribution in [1.82, 2.24) is 0 Å². The van der Waals surface area contributed by atoms with E-state index in [1.165, 1.54) is 18.2 Å². The fraction of sp³-hybridized carbons (Fsp3) is 0. The van der Waals surface area contributed by atoms with Crippen molar-refractivity contribution < 1.29 is 19.2 Å². The third kappa shape index (κ3) is 3.26. The lowest BCUT2D eigenvalue weighted by molar-refractivity contribution is -0.385. The predicted octanol–water partition coefficient (Wildman–Crippen LogP) is 3.35. The van der Waals surface area contributed by atoms with Gasteiger partial charge in [-0.3, -0.25) is 14.9 Å². The Kier molecular flexibility index (Phi) is 4.04. The van der Waals surface area contributed by atoms with Gasteiger partial charge >= 0.3 is 0 Å². The van der Waals surface area contributed by atoms with Crippen molar-refractivity contribution in [2.45, 2.75) is 0 Å². The summed E-state index contributed by atoms with van der Waals surface area (Å²) in [5.41, 5.74) is -0.814. The van der Waals surface area contributed by atoms with Gasteiger partial charge in [0.15, 0.2) is 0 Å². The number of hydrogen-bond donors (Lipinski definition) is 2. The molecule has 0 bridgehead atoms. The highest BCUT2D eigenvalue weighted by atomic mass is 35.5. The molecule has 21 heavy (non-hydrogen) atoms. The Morgan fingerprint density at radius 1 is 1.29 bits per heavy atom. The average Bonchev–Trinajstić information content (AvgIpc) is 2.41. The summed E-state index contributed by atoms with van der Waals surface area (Å²) in [6, 6.07) is 6.35. The number of amides is 1. The molecule has 0 spiro atoms. The molecule has 0 unspecified atom stereocenters. The minimum Gasteiger partial charge on any atom is -0.508 e. The van der Waals surface area contributed by atoms with Crippen LogP contribution >= 0.6 is 11.6 Å². The van der Waals surface area contributed by atoms with Crippen LogP contribution in [0.2, 0.25) is 5.02 Å². The molecule has 2 N–H and O–H groups in total. The second kappa shape index (κ2) is 5.76. The Morgan fingerprint density at radius 3 is 2.62 bits per heavy atom. The fourth-order valence-corrected chi connectivity index (χ4v) is 1.87. The zero-order chi connectivity index (χ0) is 15.6. The van der Waals surface area contributed by atoms with Crippen molar-refractivity contribution in [3.8, 4) is 5.75 Å². The topological polar surface area (TPSA) is 92.5 Å². The van der Waals surface area contributed by atoms with Crippen LogP contribution in [0.4, 0.5) is 15.8 Å². The molecule has 2 aromatic rings. The minimum atomic E-state index is -0.881. The number of carbonyl (C=O) groups is 1. The molecule has 0 aliphatic rings. The van der Waals surface area contributed by atoms with Gasteiger partial charge in [0, 0.05) is 12.1 Å². The van der Waals surface area contributed by atoms with Crippen molar-refractivity contribution in [2.75, 3.05) is 5.32 Å². The number of hydrogen-bond acceptors (Lipinski definition) is 4. The number of carbonyl (C=O) groups excluding carboxylic acids is 1. The average molecular weight is 311 g/mol. The Balaban J connectivity index is 2.36. The molecule has 2 rings (SSSR count). The highest BCUT2D eigenvalue weighted by molar-refractivity contribution is 6.34. The van der Waals surface area contributed by atoms with E-state index >= 15 is 0 Å². The summed E-state index contributed by atoms with van der Waals surface area (Å²) in [5, 5.41) is 22.4. The summed E-state index contributed by atoms with van der Waals surface area (Å²) in [5.74, 6) is -1.76. The van der Waals surface area contributed by atoms with Crippen molar-refractivity contribution in [3.05, 3.63) is 62.9 Å². The molecular formula is C13H8ClFN2O4. The number of nitro groups is 1. The number of rotatable bonds is 3. The van der Waals surface area contributed by atoms with Crippen molar-refractivity contribution >= 4 is 28.9 Å². The van der Waals surface area contributed by atoms with Gasteiger partial charge in [0.2, 0.25) is 0 Å². The Morgan fingerprint density at radius 2 is 2.00 bits per heavy atom. The molecule has 0 aromatic heterocycles. The molecule has 0 saturated carbocycles. The highest BCUT2D eigenvalue weighted by Gasteiger charge is 2.21. The third-order valence-corrected chi connectivity index (χ3v) is 2.91. The Bertz CT molecular complexity index is 736. The van der Waals surface area contributed by atoms with Gasteiger partial charge in [-0.2, -0.15) is 0 Å². The van der Waals surface area contributed by atoms with E-state index in [1.54, 1.807) is 0 Å². The van der Waals surface area contributed by atoms with E-state index in [2.05, 4.69) is 5.32 Å². The first-order chi connectivity index (χ1) is 9.88. The lowest BCUT2D eigenvalue weighted by Crippen LogP contribution is -2.14. The van der Waals surface area contributed by atoms with E-state index in [0.717, 1.165) is 18.2 Å². The number of nitrogens with one attached hydrogen (secondary N) is 1. The second-order valence-corrected chi connectivity index (χ2v) is 4.44. The Labute approximate surface area is 122 Å². The summed E-state index contributed by atoms with van der Waals surface area (Å²) in [7, 11) is 0. The quantitative estimate of drug-likeness (QED) is 0.516. The van der Waals surface area contributed by atoms with Crippen LogP contribution in [-0.2, 0) is 0 Å². The molecule has 0 radical (unpaired) electrons. The number of anilines is 1. The van der Waals surface area contributed by atoms with Gasteiger partial charge in [-0.15, -0.1) is 0 Å². The maximum absolute atomic E-state index is 13.2. The van der Waals surface area contributed by atoms with Crippen LogP contribution in [0.15, 0.2) is 36.4 Å². The molecule has 0 atom stereocenters. The van der Waals surface area contributed by atoms with Crippen LogP contribution in [-0.4, -0.2) is 15.9 Å². The molecule has 6 nitrogen and oxygen atoms in total. The number of nitrogens with zero attached hydrogens (tertiary/aromatic N) is 1. The number of benzene rings is 2. The number of phenolic OH excluding ortho intramolecular Hbond substituents is 1. The molecule has 0 fully saturated rings. The SMILES string of the molecule is O=C(Nc1ccc(O)cc1Cl)c1cc(F)ccc1[N+](=O)[O-]. The monoisotopic (exact) mass is 310 g/mol. The van der Waals surface area contributed by atoms with E-state index in [4.69, 9.17) is 11.6 Å². The van der Waals surface area contributed by atoms with Crippen LogP contribution in [0.5, 0.6) is 5.75 Å². The van der Waals surface area contributed by atoms with Gasteiger partial charge in [-0.05, 0) is 24.3 Å². The second-order valence-electron chi connectivity index (χ2n) is 4.04. The number of aromatic hydroxyl groups is 1. The molecular weight excluding hydrogens is 303 g/mol. The summed E-state index contributed by atoms with van der Waals surface area (Å²) in [6.07, 6.45) is 0. The first-order valence-electron chi connectivity index (χ1n) is 5.62. The first-order valence-corrected chi connectivity index (χ1v) is 6.00. The molecule has 0 heterocycles. The molecule has 2 aromatic carbocycles. The van der Waals surface area contributed by atoms with Crippen LogP contribution in [0.25, 0.3) is 0 Å². The van der Waals surface area contributed by atoms with Gasteiger partial charge in [0.25, 0.3) is 11.6 Å². The lowest BCUT2D eigenvalue weighted by Gasteiger charge is -2.08. The number of nitro benzene ring substituents is 1. The molecule has 8 heteroatoms. The summed E-state index contributed by atoms with van der Waals surface area (Å²) in [4.78, 5) is 22.1. The van der Waals surface area contributed by atoms with E-state index in [9.17, 15) is 24.4 Å². The van der Waals surface area contributed by atoms with E-state index < -0.39 is 27.9 Å². The lowest BCUT2D eigenvalue weighted by atomic mass is 10.1. The van der Waals surface area contributed by atoms with E-state index in [0.29, 0.717) is 0 Å². The van der Waals surface area contributed by atoms with Crippen molar-refractivity contribution in [2.24, 2.45) is 0 Å². The maximum Gasteiger partial charge on any atom is 0.282 e. The van der Waals surface area contributed by atoms with Crippen molar-refractivity contribution in [3.63, 3.8) is 0 Å². The van der Waals surface area contributed by atoms with Gasteiger partial charge in [-0.1, -0.05) is 11.6 Å². The maximum atomic E-state index is 13.2. The summed E-state index contributed by atoms with van der Waals surface area (Å²) >= 11 is 5.81. The molecule has 108 valence electrons. The standard InChI is InChI=1S/C13H8ClFN2O4/c14-10-6-8(18)2-3-11(10)16-13(19)9-5-7(15)1-4-12(9)17(20)21/h1-6,18H,(H,16,19). The number of halogens is 2. The Hall–Kier alpha value is -2.67. The zero-order valence-corrected chi connectivity index (χ0v) is 11.1. The third-order valence-electron chi connectivity index (χ3n) is 2.60. The van der Waals surface area contributed by atoms with Crippen molar-refractivity contribution in [1.29, 1.82) is 0 Å². The van der Waals surface area contributed by atoms with Gasteiger partial charge in [0.1, 0.15) is 17.1 Å². The van der Waals surface area contributed by atoms with Crippen LogP contribution in [0.3, 0.4) is 0 Å². The fourth-order valence-electron chi connectivity index (χ4n) is 1.64. The van der Waals surface area contributed by atoms with Gasteiger partial charge in [0.05, 0.1) is 15.6 Å².